The van der Waals surface area contributed by atoms with E-state index in [9.17, 15) is 24.0 Å². The molecule has 0 amide bonds. The van der Waals surface area contributed by atoms with Crippen LogP contribution in [-0.4, -0.2) is 128 Å². The Balaban J connectivity index is 0.000000365. The number of esters is 3. The van der Waals surface area contributed by atoms with Crippen LogP contribution in [0.2, 0.25) is 0 Å². The second-order valence-corrected chi connectivity index (χ2v) is 14.1. The van der Waals surface area contributed by atoms with E-state index < -0.39 is 28.2 Å². The number of ketones is 1. The largest absolute Gasteiger partial charge is 0.481 e. The molecule has 54 heavy (non-hydrogen) atoms. The fraction of sp³-hybridized carbons (Fsp3) is 0.868. The number of hydrogen-bond acceptors (Lipinski definition) is 15. The van der Waals surface area contributed by atoms with Crippen molar-refractivity contribution < 1.29 is 76.8 Å². The number of carboxylic acids is 1. The Bertz CT molecular complexity index is 1100. The fourth-order valence-electron chi connectivity index (χ4n) is 6.23. The lowest BCUT2D eigenvalue weighted by molar-refractivity contribution is -0.171. The van der Waals surface area contributed by atoms with Crippen LogP contribution in [0.15, 0.2) is 0 Å². The van der Waals surface area contributed by atoms with Crippen molar-refractivity contribution in [2.75, 3.05) is 88.0 Å². The smallest absolute Gasteiger partial charge is 0.314 e. The minimum absolute atomic E-state index is 0.0637. The van der Waals surface area contributed by atoms with Gasteiger partial charge in [0.2, 0.25) is 0 Å². The van der Waals surface area contributed by atoms with E-state index >= 15 is 0 Å². The van der Waals surface area contributed by atoms with Crippen molar-refractivity contribution in [1.82, 2.24) is 0 Å². The second-order valence-electron chi connectivity index (χ2n) is 14.1. The van der Waals surface area contributed by atoms with Crippen molar-refractivity contribution in [2.45, 2.75) is 104 Å². The van der Waals surface area contributed by atoms with Crippen molar-refractivity contribution in [3.05, 3.63) is 0 Å². The summed E-state index contributed by atoms with van der Waals surface area (Å²) in [5.74, 6) is -1.62. The normalized spacial score (nSPS) is 18.9. The summed E-state index contributed by atoms with van der Waals surface area (Å²) in [6, 6.07) is 0. The van der Waals surface area contributed by atoms with E-state index in [4.69, 9.17) is 48.1 Å². The highest BCUT2D eigenvalue weighted by Gasteiger charge is 2.47. The van der Waals surface area contributed by atoms with E-state index in [-0.39, 0.29) is 63.2 Å². The van der Waals surface area contributed by atoms with E-state index in [2.05, 4.69) is 4.74 Å². The molecule has 0 spiro atoms. The zero-order valence-corrected chi connectivity index (χ0v) is 33.4. The molecule has 0 aromatic heterocycles. The van der Waals surface area contributed by atoms with Crippen molar-refractivity contribution in [1.29, 1.82) is 0 Å². The topological polar surface area (TPSA) is 209 Å². The molecule has 4 fully saturated rings. The number of carbonyl (C=O) groups excluding carboxylic acids is 4. The Morgan fingerprint density at radius 1 is 0.519 bits per heavy atom. The second kappa shape index (κ2) is 26.2. The van der Waals surface area contributed by atoms with Crippen LogP contribution in [0.4, 0.5) is 0 Å². The lowest BCUT2D eigenvalue weighted by Gasteiger charge is -2.39. The monoisotopic (exact) mass is 778 g/mol. The van der Waals surface area contributed by atoms with Crippen molar-refractivity contribution >= 4 is 29.7 Å². The minimum Gasteiger partial charge on any atom is -0.481 e. The van der Waals surface area contributed by atoms with Gasteiger partial charge in [0.25, 0.3) is 0 Å². The Morgan fingerprint density at radius 2 is 0.870 bits per heavy atom. The average molecular weight is 779 g/mol. The number of aliphatic hydroxyl groups excluding tert-OH is 1. The quantitative estimate of drug-likeness (QED) is 0.0519. The van der Waals surface area contributed by atoms with Gasteiger partial charge < -0.3 is 52.8 Å². The average Bonchev–Trinajstić information content (AvgIpc) is 3.05. The number of carbonyl (C=O) groups is 5. The first-order valence-electron chi connectivity index (χ1n) is 18.9. The van der Waals surface area contributed by atoms with Crippen LogP contribution < -0.4 is 0 Å². The van der Waals surface area contributed by atoms with E-state index in [1.807, 2.05) is 6.92 Å². The molecule has 16 heteroatoms. The molecule has 4 saturated carbocycles. The van der Waals surface area contributed by atoms with Crippen LogP contribution >= 0.6 is 0 Å². The molecule has 0 saturated heterocycles. The standard InChI is InChI=1S/C12H20O5.C10H18O4.C8H14O4.C8H14O3/c1-3-17-11(14)7-10(13)12(5-4-6-12)8-16-9-15-2;1-3-14-9(11)10(5-4-6-10)7-13-8-12-2;1-11-6-12-5-8(7(9)10)3-2-4-8;1-2-11-7(10)8(6-9)4-3-5-8/h3-9H2,1-2H3;3-8H2,1-2H3;2-6H2,1H3,(H,9,10);9H,2-6H2,1H3. The molecular formula is C38H66O16. The summed E-state index contributed by atoms with van der Waals surface area (Å²) in [5, 5.41) is 17.8. The van der Waals surface area contributed by atoms with Crippen molar-refractivity contribution in [2.24, 2.45) is 21.7 Å². The number of methoxy groups -OCH3 is 3. The van der Waals surface area contributed by atoms with Crippen LogP contribution in [-0.2, 0) is 66.6 Å². The molecular weight excluding hydrogens is 712 g/mol. The van der Waals surface area contributed by atoms with Crippen LogP contribution in [0.25, 0.3) is 0 Å². The Hall–Kier alpha value is -2.73. The fourth-order valence-corrected chi connectivity index (χ4v) is 6.23. The number of aliphatic carboxylic acids is 1. The summed E-state index contributed by atoms with van der Waals surface area (Å²) in [5.41, 5.74) is -2.01. The molecule has 0 bridgehead atoms. The first-order valence-corrected chi connectivity index (χ1v) is 18.9. The number of Topliss-reactive ketones (excluding diaryl/α,β-unsaturated/α-hetero) is 1. The molecule has 0 aromatic carbocycles. The Kier molecular flexibility index (Phi) is 23.9. The van der Waals surface area contributed by atoms with E-state index in [0.717, 1.165) is 77.0 Å². The molecule has 4 aliphatic rings. The van der Waals surface area contributed by atoms with Gasteiger partial charge in [-0.1, -0.05) is 25.7 Å². The lowest BCUT2D eigenvalue weighted by Crippen LogP contribution is -2.43. The highest BCUT2D eigenvalue weighted by molar-refractivity contribution is 5.99. The van der Waals surface area contributed by atoms with Gasteiger partial charge in [0, 0.05) is 21.3 Å². The SMILES string of the molecule is CCOC(=O)C1(CO)CCC1.CCOC(=O)C1(COCOC)CCC1.CCOC(=O)CC(=O)C1(COCOC)CCC1.COCOCC1(C(=O)O)CCC1. The van der Waals surface area contributed by atoms with Gasteiger partial charge in [-0.05, 0) is 72.1 Å². The molecule has 4 aliphatic carbocycles. The molecule has 0 aliphatic heterocycles. The molecule has 0 heterocycles. The predicted molar refractivity (Wildman–Crippen MR) is 193 cm³/mol. The number of rotatable bonds is 22. The summed E-state index contributed by atoms with van der Waals surface area (Å²) >= 11 is 0. The molecule has 0 unspecified atom stereocenters. The van der Waals surface area contributed by atoms with E-state index in [0.29, 0.717) is 33.0 Å². The van der Waals surface area contributed by atoms with Crippen LogP contribution in [0.5, 0.6) is 0 Å². The van der Waals surface area contributed by atoms with Gasteiger partial charge in [-0.25, -0.2) is 0 Å². The third-order valence-corrected chi connectivity index (χ3v) is 10.4. The molecule has 314 valence electrons. The number of carboxylic acid groups (broad SMARTS) is 1. The van der Waals surface area contributed by atoms with Crippen LogP contribution in [0.1, 0.15) is 104 Å². The zero-order chi connectivity index (χ0) is 40.5. The molecule has 4 rings (SSSR count). The Labute approximate surface area is 320 Å². The first kappa shape index (κ1) is 49.3. The summed E-state index contributed by atoms with van der Waals surface area (Å²) in [6.07, 6.45) is 10.3. The van der Waals surface area contributed by atoms with Gasteiger partial charge in [0.1, 0.15) is 26.8 Å². The molecule has 0 aromatic rings. The van der Waals surface area contributed by atoms with Gasteiger partial charge in [0.05, 0.1) is 67.9 Å². The van der Waals surface area contributed by atoms with Gasteiger partial charge in [-0.15, -0.1) is 0 Å². The van der Waals surface area contributed by atoms with Gasteiger partial charge in [0.15, 0.2) is 5.78 Å². The molecule has 2 N–H and O–H groups in total. The number of hydrogen-bond donors (Lipinski definition) is 2. The highest BCUT2D eigenvalue weighted by Crippen LogP contribution is 2.44. The summed E-state index contributed by atoms with van der Waals surface area (Å²) in [4.78, 5) is 56.8. The van der Waals surface area contributed by atoms with Crippen LogP contribution in [0, 0.1) is 21.7 Å². The van der Waals surface area contributed by atoms with Crippen molar-refractivity contribution in [3.8, 4) is 0 Å². The molecule has 16 nitrogen and oxygen atoms in total. The third-order valence-electron chi connectivity index (χ3n) is 10.4. The highest BCUT2D eigenvalue weighted by atomic mass is 16.7. The zero-order valence-electron chi connectivity index (χ0n) is 33.4. The predicted octanol–water partition coefficient (Wildman–Crippen LogP) is 4.21. The summed E-state index contributed by atoms with van der Waals surface area (Å²) in [6.45, 7) is 8.02. The maximum absolute atomic E-state index is 12.0. The maximum Gasteiger partial charge on any atom is 0.314 e. The maximum atomic E-state index is 12.0. The van der Waals surface area contributed by atoms with Gasteiger partial charge >= 0.3 is 23.9 Å². The molecule has 0 atom stereocenters. The lowest BCUT2D eigenvalue weighted by atomic mass is 9.66. The van der Waals surface area contributed by atoms with E-state index in [1.165, 1.54) is 14.2 Å². The van der Waals surface area contributed by atoms with Crippen molar-refractivity contribution in [3.63, 3.8) is 0 Å². The minimum atomic E-state index is -0.746. The summed E-state index contributed by atoms with van der Waals surface area (Å²) < 4.78 is 44.4. The summed E-state index contributed by atoms with van der Waals surface area (Å²) in [7, 11) is 4.62. The molecule has 0 radical (unpaired) electrons. The van der Waals surface area contributed by atoms with Crippen LogP contribution in [0.3, 0.4) is 0 Å². The first-order chi connectivity index (χ1) is 25.9. The third kappa shape index (κ3) is 15.1. The van der Waals surface area contributed by atoms with Gasteiger partial charge in [-0.3, -0.25) is 24.0 Å². The number of ether oxygens (including phenoxy) is 9. The number of aliphatic hydroxyl groups is 1. The van der Waals surface area contributed by atoms with E-state index in [1.54, 1.807) is 21.0 Å². The van der Waals surface area contributed by atoms with Gasteiger partial charge in [-0.2, -0.15) is 0 Å². The Morgan fingerprint density at radius 3 is 1.17 bits per heavy atom.